The second-order valence-electron chi connectivity index (χ2n) is 3.32. The second-order valence-corrected chi connectivity index (χ2v) is 4.29. The van der Waals surface area contributed by atoms with E-state index in [-0.39, 0.29) is 6.10 Å². The van der Waals surface area contributed by atoms with Gasteiger partial charge in [-0.1, -0.05) is 11.8 Å². The highest BCUT2D eigenvalue weighted by atomic mass is 32.2. The number of ether oxygens (including phenoxy) is 2. The summed E-state index contributed by atoms with van der Waals surface area (Å²) in [5.41, 5.74) is 0.896. The Morgan fingerprint density at radius 2 is 2.13 bits per heavy atom. The fraction of sp³-hybridized carbons (Fsp3) is 0.364. The van der Waals surface area contributed by atoms with E-state index in [4.69, 9.17) is 9.47 Å². The van der Waals surface area contributed by atoms with E-state index in [0.717, 1.165) is 22.4 Å². The first-order chi connectivity index (χ1) is 7.28. The van der Waals surface area contributed by atoms with Crippen LogP contribution in [0.5, 0.6) is 5.75 Å². The van der Waals surface area contributed by atoms with Crippen LogP contribution in [0.2, 0.25) is 0 Å². The number of hydrogen-bond donors (Lipinski definition) is 0. The van der Waals surface area contributed by atoms with Crippen molar-refractivity contribution in [2.45, 2.75) is 13.0 Å². The summed E-state index contributed by atoms with van der Waals surface area (Å²) in [7, 11) is 1.65. The minimum atomic E-state index is 0.270. The average molecular weight is 223 g/mol. The number of aliphatic imine (C=N–C) groups is 1. The van der Waals surface area contributed by atoms with Crippen molar-refractivity contribution in [1.82, 2.24) is 0 Å². The third-order valence-corrected chi connectivity index (χ3v) is 3.11. The van der Waals surface area contributed by atoms with Gasteiger partial charge in [0, 0.05) is 5.75 Å². The summed E-state index contributed by atoms with van der Waals surface area (Å²) < 4.78 is 10.6. The lowest BCUT2D eigenvalue weighted by molar-refractivity contribution is 0.252. The maximum Gasteiger partial charge on any atom is 0.251 e. The van der Waals surface area contributed by atoms with Crippen molar-refractivity contribution < 1.29 is 9.47 Å². The van der Waals surface area contributed by atoms with Crippen LogP contribution < -0.4 is 4.74 Å². The first kappa shape index (κ1) is 10.4. The van der Waals surface area contributed by atoms with E-state index < -0.39 is 0 Å². The molecule has 1 aromatic carbocycles. The SMILES string of the molecule is COc1ccc(N=C2O[C@H](C)CS2)cc1. The largest absolute Gasteiger partial charge is 0.497 e. The van der Waals surface area contributed by atoms with Crippen LogP contribution in [0.15, 0.2) is 29.3 Å². The molecule has 2 rings (SSSR count). The molecular weight excluding hydrogens is 210 g/mol. The van der Waals surface area contributed by atoms with Crippen LogP contribution in [0.3, 0.4) is 0 Å². The Kier molecular flexibility index (Phi) is 3.16. The van der Waals surface area contributed by atoms with Crippen LogP contribution in [0.1, 0.15) is 6.92 Å². The molecule has 1 aromatic rings. The Morgan fingerprint density at radius 3 is 2.67 bits per heavy atom. The second kappa shape index (κ2) is 4.57. The molecule has 3 nitrogen and oxygen atoms in total. The molecule has 0 N–H and O–H groups in total. The zero-order chi connectivity index (χ0) is 10.7. The molecule has 0 spiro atoms. The summed E-state index contributed by atoms with van der Waals surface area (Å²) in [6.45, 7) is 2.05. The van der Waals surface area contributed by atoms with Gasteiger partial charge in [-0.05, 0) is 31.2 Å². The topological polar surface area (TPSA) is 30.8 Å². The maximum atomic E-state index is 5.50. The fourth-order valence-electron chi connectivity index (χ4n) is 1.25. The molecule has 0 radical (unpaired) electrons. The molecular formula is C11H13NO2S. The van der Waals surface area contributed by atoms with Gasteiger partial charge in [0.05, 0.1) is 12.8 Å². The van der Waals surface area contributed by atoms with Crippen LogP contribution in [0.4, 0.5) is 5.69 Å². The van der Waals surface area contributed by atoms with E-state index in [1.54, 1.807) is 18.9 Å². The van der Waals surface area contributed by atoms with E-state index in [2.05, 4.69) is 4.99 Å². The molecule has 1 heterocycles. The Labute approximate surface area is 93.5 Å². The molecule has 1 atom stereocenters. The molecule has 0 saturated carbocycles. The first-order valence-electron chi connectivity index (χ1n) is 4.80. The predicted molar refractivity (Wildman–Crippen MR) is 63.1 cm³/mol. The number of methoxy groups -OCH3 is 1. The average Bonchev–Trinajstić information content (AvgIpc) is 2.65. The van der Waals surface area contributed by atoms with Crippen molar-refractivity contribution in [3.8, 4) is 5.75 Å². The third kappa shape index (κ3) is 2.65. The highest BCUT2D eigenvalue weighted by molar-refractivity contribution is 8.13. The van der Waals surface area contributed by atoms with Crippen molar-refractivity contribution in [3.05, 3.63) is 24.3 Å². The summed E-state index contributed by atoms with van der Waals surface area (Å²) >= 11 is 1.65. The summed E-state index contributed by atoms with van der Waals surface area (Å²) in [5, 5.41) is 0.757. The van der Waals surface area contributed by atoms with Crippen molar-refractivity contribution in [2.24, 2.45) is 4.99 Å². The minimum absolute atomic E-state index is 0.270. The molecule has 0 aliphatic carbocycles. The summed E-state index contributed by atoms with van der Waals surface area (Å²) in [4.78, 5) is 4.39. The van der Waals surface area contributed by atoms with E-state index in [0.29, 0.717) is 0 Å². The van der Waals surface area contributed by atoms with E-state index in [1.165, 1.54) is 0 Å². The summed E-state index contributed by atoms with van der Waals surface area (Å²) in [6, 6.07) is 7.61. The molecule has 1 fully saturated rings. The highest BCUT2D eigenvalue weighted by Crippen LogP contribution is 2.24. The predicted octanol–water partition coefficient (Wildman–Crippen LogP) is 2.83. The monoisotopic (exact) mass is 223 g/mol. The lowest BCUT2D eigenvalue weighted by atomic mass is 10.3. The van der Waals surface area contributed by atoms with Gasteiger partial charge in [-0.3, -0.25) is 0 Å². The molecule has 0 amide bonds. The van der Waals surface area contributed by atoms with Crippen molar-refractivity contribution in [3.63, 3.8) is 0 Å². The highest BCUT2D eigenvalue weighted by Gasteiger charge is 2.17. The summed E-state index contributed by atoms with van der Waals surface area (Å²) in [6.07, 6.45) is 0.270. The number of thioether (sulfide) groups is 1. The van der Waals surface area contributed by atoms with Crippen molar-refractivity contribution in [2.75, 3.05) is 12.9 Å². The summed E-state index contributed by atoms with van der Waals surface area (Å²) in [5.74, 6) is 1.82. The Balaban J connectivity index is 2.10. The Bertz CT molecular complexity index is 361. The minimum Gasteiger partial charge on any atom is -0.497 e. The van der Waals surface area contributed by atoms with Gasteiger partial charge in [-0.25, -0.2) is 4.99 Å². The third-order valence-electron chi connectivity index (χ3n) is 2.04. The van der Waals surface area contributed by atoms with Gasteiger partial charge in [0.15, 0.2) is 0 Å². The van der Waals surface area contributed by atoms with Gasteiger partial charge in [-0.15, -0.1) is 0 Å². The zero-order valence-corrected chi connectivity index (χ0v) is 9.58. The van der Waals surface area contributed by atoms with Crippen LogP contribution >= 0.6 is 11.8 Å². The quantitative estimate of drug-likeness (QED) is 0.772. The Hall–Kier alpha value is -1.16. The van der Waals surface area contributed by atoms with E-state index in [9.17, 15) is 0 Å². The fourth-order valence-corrected chi connectivity index (χ4v) is 2.10. The molecule has 1 aliphatic heterocycles. The first-order valence-corrected chi connectivity index (χ1v) is 5.78. The van der Waals surface area contributed by atoms with Gasteiger partial charge in [0.25, 0.3) is 5.23 Å². The lowest BCUT2D eigenvalue weighted by Crippen LogP contribution is -2.02. The molecule has 4 heteroatoms. The standard InChI is InChI=1S/C11H13NO2S/c1-8-7-15-11(14-8)12-9-3-5-10(13-2)6-4-9/h3-6,8H,7H2,1-2H3/t8-/m1/s1. The number of nitrogens with zero attached hydrogens (tertiary/aromatic N) is 1. The number of hydrogen-bond acceptors (Lipinski definition) is 4. The van der Waals surface area contributed by atoms with Crippen molar-refractivity contribution >= 4 is 22.7 Å². The smallest absolute Gasteiger partial charge is 0.251 e. The molecule has 15 heavy (non-hydrogen) atoms. The van der Waals surface area contributed by atoms with Gasteiger partial charge >= 0.3 is 0 Å². The molecule has 1 aliphatic rings. The number of rotatable bonds is 2. The molecule has 0 aromatic heterocycles. The maximum absolute atomic E-state index is 5.50. The van der Waals surface area contributed by atoms with Gasteiger partial charge in [0.2, 0.25) is 0 Å². The van der Waals surface area contributed by atoms with Gasteiger partial charge in [0.1, 0.15) is 11.9 Å². The van der Waals surface area contributed by atoms with E-state index in [1.807, 2.05) is 31.2 Å². The van der Waals surface area contributed by atoms with Crippen LogP contribution in [-0.2, 0) is 4.74 Å². The normalized spacial score (nSPS) is 22.8. The van der Waals surface area contributed by atoms with E-state index >= 15 is 0 Å². The zero-order valence-electron chi connectivity index (χ0n) is 8.77. The molecule has 1 saturated heterocycles. The van der Waals surface area contributed by atoms with Crippen molar-refractivity contribution in [1.29, 1.82) is 0 Å². The van der Waals surface area contributed by atoms with Gasteiger partial charge in [-0.2, -0.15) is 0 Å². The molecule has 0 bridgehead atoms. The van der Waals surface area contributed by atoms with Crippen LogP contribution in [0, 0.1) is 0 Å². The number of benzene rings is 1. The van der Waals surface area contributed by atoms with Gasteiger partial charge < -0.3 is 9.47 Å². The Morgan fingerprint density at radius 1 is 1.40 bits per heavy atom. The van der Waals surface area contributed by atoms with Crippen LogP contribution in [0.25, 0.3) is 0 Å². The van der Waals surface area contributed by atoms with Crippen LogP contribution in [-0.4, -0.2) is 24.2 Å². The molecule has 0 unspecified atom stereocenters. The molecule has 80 valence electrons. The lowest BCUT2D eigenvalue weighted by Gasteiger charge is -2.01.